The van der Waals surface area contributed by atoms with Gasteiger partial charge in [-0.1, -0.05) is 19.1 Å². The van der Waals surface area contributed by atoms with Crippen molar-refractivity contribution in [1.82, 2.24) is 0 Å². The molecule has 5 heteroatoms. The topological polar surface area (TPSA) is 71.4 Å². The summed E-state index contributed by atoms with van der Waals surface area (Å²) in [6.07, 6.45) is 0. The van der Waals surface area contributed by atoms with Crippen molar-refractivity contribution in [2.75, 3.05) is 5.75 Å². The number of rotatable bonds is 2. The zero-order valence-electron chi connectivity index (χ0n) is 10.6. The van der Waals surface area contributed by atoms with Gasteiger partial charge in [0.1, 0.15) is 0 Å². The lowest BCUT2D eigenvalue weighted by molar-refractivity contribution is -0.142. The second-order valence-electron chi connectivity index (χ2n) is 5.37. The Labute approximate surface area is 107 Å². The molecule has 1 aromatic carbocycles. The van der Waals surface area contributed by atoms with E-state index in [1.54, 1.807) is 26.0 Å². The summed E-state index contributed by atoms with van der Waals surface area (Å²) in [4.78, 5) is 11.5. The van der Waals surface area contributed by atoms with Gasteiger partial charge in [0.05, 0.1) is 16.1 Å². The Morgan fingerprint density at radius 2 is 2.00 bits per heavy atom. The van der Waals surface area contributed by atoms with Crippen LogP contribution in [-0.4, -0.2) is 25.2 Å². The molecule has 0 aliphatic carbocycles. The van der Waals surface area contributed by atoms with Gasteiger partial charge in [-0.15, -0.1) is 0 Å². The fraction of sp³-hybridized carbons (Fsp3) is 0.462. The maximum atomic E-state index is 12.0. The monoisotopic (exact) mass is 268 g/mol. The fourth-order valence-electron chi connectivity index (χ4n) is 2.23. The van der Waals surface area contributed by atoms with E-state index in [1.165, 1.54) is 6.07 Å². The molecule has 0 amide bonds. The van der Waals surface area contributed by atoms with Gasteiger partial charge in [0.25, 0.3) is 0 Å². The normalized spacial score (nSPS) is 21.6. The van der Waals surface area contributed by atoms with Crippen molar-refractivity contribution < 1.29 is 18.3 Å². The van der Waals surface area contributed by atoms with Gasteiger partial charge in [-0.3, -0.25) is 4.79 Å². The van der Waals surface area contributed by atoms with Crippen LogP contribution in [0.25, 0.3) is 0 Å². The van der Waals surface area contributed by atoms with Crippen LogP contribution < -0.4 is 0 Å². The van der Waals surface area contributed by atoms with E-state index in [0.29, 0.717) is 10.5 Å². The van der Waals surface area contributed by atoms with Crippen LogP contribution in [0.1, 0.15) is 37.8 Å². The van der Waals surface area contributed by atoms with E-state index >= 15 is 0 Å². The summed E-state index contributed by atoms with van der Waals surface area (Å²) in [6.45, 7) is 5.01. The Morgan fingerprint density at radius 3 is 2.56 bits per heavy atom. The maximum Gasteiger partial charge on any atom is 0.313 e. The van der Waals surface area contributed by atoms with Crippen molar-refractivity contribution in [2.45, 2.75) is 37.0 Å². The Balaban J connectivity index is 2.63. The van der Waals surface area contributed by atoms with Crippen molar-refractivity contribution in [3.8, 4) is 0 Å². The molecule has 1 aromatic rings. The largest absolute Gasteiger partial charge is 0.481 e. The summed E-state index contributed by atoms with van der Waals surface area (Å²) in [5.74, 6) is -0.878. The smallest absolute Gasteiger partial charge is 0.313 e. The fourth-order valence-corrected chi connectivity index (χ4v) is 4.18. The molecule has 18 heavy (non-hydrogen) atoms. The molecule has 1 heterocycles. The average Bonchev–Trinajstić information content (AvgIpc) is 2.49. The number of sulfone groups is 1. The zero-order chi connectivity index (χ0) is 13.7. The molecular formula is C13H16O4S. The molecule has 1 aliphatic rings. The Kier molecular flexibility index (Phi) is 2.77. The molecule has 0 fully saturated rings. The molecule has 4 nitrogen and oxygen atoms in total. The number of fused-ring (bicyclic) bond motifs is 1. The lowest BCUT2D eigenvalue weighted by Crippen LogP contribution is -2.28. The Bertz CT molecular complexity index is 614. The van der Waals surface area contributed by atoms with Gasteiger partial charge in [-0.25, -0.2) is 8.42 Å². The van der Waals surface area contributed by atoms with Gasteiger partial charge in [-0.2, -0.15) is 0 Å². The van der Waals surface area contributed by atoms with Crippen molar-refractivity contribution in [3.63, 3.8) is 0 Å². The Hall–Kier alpha value is -1.36. The van der Waals surface area contributed by atoms with Crippen LogP contribution in [0, 0.1) is 0 Å². The summed E-state index contributed by atoms with van der Waals surface area (Å²) >= 11 is 0. The molecule has 0 radical (unpaired) electrons. The van der Waals surface area contributed by atoms with Crippen LogP contribution in [0.4, 0.5) is 0 Å². The standard InChI is InChI=1S/C13H16O4S/c1-8-7-18(16,17)11-6-9(4-5-10(8)11)13(2,3)12(14)15/h4-6,8H,7H2,1-3H3,(H,14,15). The van der Waals surface area contributed by atoms with Crippen LogP contribution in [0.5, 0.6) is 0 Å². The third kappa shape index (κ3) is 1.82. The zero-order valence-corrected chi connectivity index (χ0v) is 11.4. The quantitative estimate of drug-likeness (QED) is 0.889. The first-order chi connectivity index (χ1) is 8.16. The molecule has 1 atom stereocenters. The van der Waals surface area contributed by atoms with Crippen LogP contribution >= 0.6 is 0 Å². The predicted molar refractivity (Wildman–Crippen MR) is 67.6 cm³/mol. The number of hydrogen-bond donors (Lipinski definition) is 1. The van der Waals surface area contributed by atoms with Gasteiger partial charge < -0.3 is 5.11 Å². The second kappa shape index (κ2) is 3.82. The van der Waals surface area contributed by atoms with Crippen LogP contribution in [-0.2, 0) is 20.0 Å². The summed E-state index contributed by atoms with van der Waals surface area (Å²) in [7, 11) is -3.26. The van der Waals surface area contributed by atoms with E-state index in [4.69, 9.17) is 0 Å². The van der Waals surface area contributed by atoms with Crippen LogP contribution in [0.15, 0.2) is 23.1 Å². The number of aliphatic carboxylic acids is 1. The van der Waals surface area contributed by atoms with Crippen LogP contribution in [0.3, 0.4) is 0 Å². The molecule has 0 spiro atoms. The van der Waals surface area contributed by atoms with Crippen molar-refractivity contribution in [1.29, 1.82) is 0 Å². The molecule has 0 bridgehead atoms. The van der Waals surface area contributed by atoms with E-state index in [2.05, 4.69) is 0 Å². The molecule has 0 saturated carbocycles. The van der Waals surface area contributed by atoms with E-state index in [1.807, 2.05) is 6.92 Å². The van der Waals surface area contributed by atoms with Crippen molar-refractivity contribution in [3.05, 3.63) is 29.3 Å². The highest BCUT2D eigenvalue weighted by molar-refractivity contribution is 7.91. The summed E-state index contributed by atoms with van der Waals surface area (Å²) < 4.78 is 23.9. The summed E-state index contributed by atoms with van der Waals surface area (Å²) in [5, 5.41) is 9.18. The lowest BCUT2D eigenvalue weighted by Gasteiger charge is -2.20. The molecule has 1 aliphatic heterocycles. The minimum absolute atomic E-state index is 0.0213. The second-order valence-corrected chi connectivity index (χ2v) is 7.37. The number of hydrogen-bond acceptors (Lipinski definition) is 3. The first kappa shape index (κ1) is 13.1. The van der Waals surface area contributed by atoms with Gasteiger partial charge in [-0.05, 0) is 37.0 Å². The van der Waals surface area contributed by atoms with E-state index in [9.17, 15) is 18.3 Å². The third-order valence-corrected chi connectivity index (χ3v) is 5.57. The summed E-state index contributed by atoms with van der Waals surface area (Å²) in [6, 6.07) is 4.97. The summed E-state index contributed by atoms with van der Waals surface area (Å²) in [5.41, 5.74) is 0.225. The van der Waals surface area contributed by atoms with Crippen molar-refractivity contribution >= 4 is 15.8 Å². The van der Waals surface area contributed by atoms with Gasteiger partial charge in [0, 0.05) is 0 Å². The highest BCUT2D eigenvalue weighted by Crippen LogP contribution is 2.37. The molecule has 0 saturated heterocycles. The first-order valence-corrected chi connectivity index (χ1v) is 7.42. The average molecular weight is 268 g/mol. The first-order valence-electron chi connectivity index (χ1n) is 5.77. The number of benzene rings is 1. The number of carboxylic acids is 1. The lowest BCUT2D eigenvalue weighted by atomic mass is 9.84. The van der Waals surface area contributed by atoms with E-state index < -0.39 is 21.2 Å². The highest BCUT2D eigenvalue weighted by Gasteiger charge is 2.36. The van der Waals surface area contributed by atoms with Crippen LogP contribution in [0.2, 0.25) is 0 Å². The molecule has 0 aromatic heterocycles. The van der Waals surface area contributed by atoms with Gasteiger partial charge in [0.2, 0.25) is 0 Å². The SMILES string of the molecule is CC1CS(=O)(=O)c2cc(C(C)(C)C(=O)O)ccc21. The maximum absolute atomic E-state index is 12.0. The van der Waals surface area contributed by atoms with Gasteiger partial charge in [0.15, 0.2) is 9.84 Å². The Morgan fingerprint density at radius 1 is 1.39 bits per heavy atom. The van der Waals surface area contributed by atoms with E-state index in [0.717, 1.165) is 5.56 Å². The minimum Gasteiger partial charge on any atom is -0.481 e. The van der Waals surface area contributed by atoms with Gasteiger partial charge >= 0.3 is 5.97 Å². The third-order valence-electron chi connectivity index (χ3n) is 3.61. The van der Waals surface area contributed by atoms with E-state index in [-0.39, 0.29) is 11.7 Å². The molecule has 98 valence electrons. The minimum atomic E-state index is -3.26. The molecule has 1 N–H and O–H groups in total. The molecular weight excluding hydrogens is 252 g/mol. The van der Waals surface area contributed by atoms with Crippen molar-refractivity contribution in [2.24, 2.45) is 0 Å². The molecule has 2 rings (SSSR count). The molecule has 1 unspecified atom stereocenters. The predicted octanol–water partition coefficient (Wildman–Crippen LogP) is 1.94. The number of carbonyl (C=O) groups is 1. The number of carboxylic acid groups (broad SMARTS) is 1. The highest BCUT2D eigenvalue weighted by atomic mass is 32.2.